The summed E-state index contributed by atoms with van der Waals surface area (Å²) in [5.41, 5.74) is 4.38. The van der Waals surface area contributed by atoms with Crippen LogP contribution in [-0.4, -0.2) is 40.2 Å². The van der Waals surface area contributed by atoms with E-state index in [2.05, 4.69) is 58.0 Å². The van der Waals surface area contributed by atoms with E-state index in [0.717, 1.165) is 48.4 Å². The highest BCUT2D eigenvalue weighted by Gasteiger charge is 2.19. The number of carbonyl (C=O) groups excluding carboxylic acids is 1. The van der Waals surface area contributed by atoms with Gasteiger partial charge in [0, 0.05) is 36.1 Å². The van der Waals surface area contributed by atoms with E-state index in [0.29, 0.717) is 34.7 Å². The van der Waals surface area contributed by atoms with Crippen LogP contribution in [0, 0.1) is 6.92 Å². The highest BCUT2D eigenvalue weighted by molar-refractivity contribution is 6.04. The van der Waals surface area contributed by atoms with Crippen molar-refractivity contribution in [2.45, 2.75) is 45.6 Å². The normalized spacial score (nSPS) is 15.7. The second kappa shape index (κ2) is 10.4. The summed E-state index contributed by atoms with van der Waals surface area (Å²) < 4.78 is 6.25. The standard InChI is InChI=1S/C28H32N6O2/c1-17(2)23-10-9-20(14-18(23)3)32-28(35)19-6-4-8-22(15-19)36-24-11-13-30-26-25(24)27(34-33-26)31-21-7-5-12-29-16-21/h4,6,8-11,13-15,17,21,29H,5,7,12,16H2,1-3H3,(H,32,35)(H2,30,31,33,34)/t21-/m1/s1. The maximum Gasteiger partial charge on any atom is 0.255 e. The summed E-state index contributed by atoms with van der Waals surface area (Å²) in [7, 11) is 0. The van der Waals surface area contributed by atoms with Crippen LogP contribution in [0.1, 0.15) is 54.1 Å². The van der Waals surface area contributed by atoms with Crippen LogP contribution in [0.4, 0.5) is 11.5 Å². The van der Waals surface area contributed by atoms with Crippen LogP contribution in [0.25, 0.3) is 11.0 Å². The zero-order valence-electron chi connectivity index (χ0n) is 20.9. The lowest BCUT2D eigenvalue weighted by Crippen LogP contribution is -2.38. The molecular weight excluding hydrogens is 452 g/mol. The van der Waals surface area contributed by atoms with E-state index in [9.17, 15) is 4.79 Å². The number of aryl methyl sites for hydroxylation is 1. The summed E-state index contributed by atoms with van der Waals surface area (Å²) in [6.07, 6.45) is 3.88. The maximum atomic E-state index is 13.0. The van der Waals surface area contributed by atoms with Gasteiger partial charge in [-0.3, -0.25) is 9.89 Å². The Labute approximate surface area is 210 Å². The molecule has 2 aromatic carbocycles. The molecule has 1 fully saturated rings. The number of H-pyrrole nitrogens is 1. The number of nitrogens with zero attached hydrogens (tertiary/aromatic N) is 2. The zero-order valence-corrected chi connectivity index (χ0v) is 20.9. The molecule has 3 heterocycles. The minimum atomic E-state index is -0.188. The van der Waals surface area contributed by atoms with Gasteiger partial charge < -0.3 is 20.7 Å². The second-order valence-electron chi connectivity index (χ2n) is 9.60. The lowest BCUT2D eigenvalue weighted by Gasteiger charge is -2.23. The number of benzene rings is 2. The van der Waals surface area contributed by atoms with Crippen molar-refractivity contribution in [2.75, 3.05) is 23.7 Å². The molecule has 0 aliphatic carbocycles. The van der Waals surface area contributed by atoms with E-state index in [1.807, 2.05) is 30.3 Å². The van der Waals surface area contributed by atoms with E-state index in [-0.39, 0.29) is 5.91 Å². The number of aromatic nitrogens is 3. The molecule has 1 aliphatic heterocycles. The van der Waals surface area contributed by atoms with E-state index in [1.165, 1.54) is 5.56 Å². The van der Waals surface area contributed by atoms with Crippen molar-refractivity contribution in [2.24, 2.45) is 0 Å². The molecule has 4 aromatic rings. The summed E-state index contributed by atoms with van der Waals surface area (Å²) in [6.45, 7) is 8.33. The molecule has 2 aromatic heterocycles. The van der Waals surface area contributed by atoms with E-state index in [1.54, 1.807) is 18.3 Å². The third-order valence-electron chi connectivity index (χ3n) is 6.53. The number of piperidine rings is 1. The van der Waals surface area contributed by atoms with Gasteiger partial charge in [-0.05, 0) is 73.7 Å². The Balaban J connectivity index is 1.34. The lowest BCUT2D eigenvalue weighted by atomic mass is 9.97. The molecule has 0 unspecified atom stereocenters. The molecule has 8 nitrogen and oxygen atoms in total. The largest absolute Gasteiger partial charge is 0.456 e. The first-order valence-corrected chi connectivity index (χ1v) is 12.5. The van der Waals surface area contributed by atoms with Crippen molar-refractivity contribution in [3.63, 3.8) is 0 Å². The van der Waals surface area contributed by atoms with Gasteiger partial charge in [0.25, 0.3) is 5.91 Å². The number of carbonyl (C=O) groups is 1. The smallest absolute Gasteiger partial charge is 0.255 e. The fourth-order valence-corrected chi connectivity index (χ4v) is 4.71. The Morgan fingerprint density at radius 1 is 1.17 bits per heavy atom. The molecule has 1 aliphatic rings. The SMILES string of the molecule is Cc1cc(NC(=O)c2cccc(Oc3ccnc4[nH]nc(N[C@@H]5CCCNC5)c34)c2)ccc1C(C)C. The molecule has 4 N–H and O–H groups in total. The molecule has 8 heteroatoms. The molecule has 0 spiro atoms. The topological polar surface area (TPSA) is 104 Å². The molecular formula is C28H32N6O2. The van der Waals surface area contributed by atoms with E-state index < -0.39 is 0 Å². The van der Waals surface area contributed by atoms with E-state index >= 15 is 0 Å². The van der Waals surface area contributed by atoms with Crippen molar-refractivity contribution in [3.8, 4) is 11.5 Å². The number of rotatable bonds is 7. The van der Waals surface area contributed by atoms with Crippen LogP contribution in [0.2, 0.25) is 0 Å². The number of fused-ring (bicyclic) bond motifs is 1. The number of ether oxygens (including phenoxy) is 1. The fraction of sp³-hybridized carbons (Fsp3) is 0.321. The van der Waals surface area contributed by atoms with Crippen LogP contribution in [-0.2, 0) is 0 Å². The van der Waals surface area contributed by atoms with Crippen molar-refractivity contribution in [1.82, 2.24) is 20.5 Å². The number of hydrogen-bond acceptors (Lipinski definition) is 6. The lowest BCUT2D eigenvalue weighted by molar-refractivity contribution is 0.102. The summed E-state index contributed by atoms with van der Waals surface area (Å²) in [6, 6.07) is 15.3. The predicted molar refractivity (Wildman–Crippen MR) is 143 cm³/mol. The number of pyridine rings is 1. The average molecular weight is 485 g/mol. The van der Waals surface area contributed by atoms with Crippen LogP contribution < -0.4 is 20.7 Å². The van der Waals surface area contributed by atoms with Gasteiger partial charge in [-0.15, -0.1) is 0 Å². The molecule has 0 radical (unpaired) electrons. The van der Waals surface area contributed by atoms with Crippen LogP contribution in [0.5, 0.6) is 11.5 Å². The number of nitrogens with one attached hydrogen (secondary N) is 4. The van der Waals surface area contributed by atoms with Crippen molar-refractivity contribution in [1.29, 1.82) is 0 Å². The highest BCUT2D eigenvalue weighted by atomic mass is 16.5. The number of anilines is 2. The maximum absolute atomic E-state index is 13.0. The Bertz CT molecular complexity index is 1370. The first-order valence-electron chi connectivity index (χ1n) is 12.5. The van der Waals surface area contributed by atoms with Crippen molar-refractivity contribution in [3.05, 3.63) is 71.4 Å². The van der Waals surface area contributed by atoms with Gasteiger partial charge in [-0.2, -0.15) is 5.10 Å². The third kappa shape index (κ3) is 5.18. The Hall–Kier alpha value is -3.91. The van der Waals surface area contributed by atoms with Crippen molar-refractivity contribution >= 4 is 28.4 Å². The highest BCUT2D eigenvalue weighted by Crippen LogP contribution is 2.33. The molecule has 1 amide bonds. The van der Waals surface area contributed by atoms with Crippen LogP contribution >= 0.6 is 0 Å². The monoisotopic (exact) mass is 484 g/mol. The van der Waals surface area contributed by atoms with Crippen LogP contribution in [0.3, 0.4) is 0 Å². The summed E-state index contributed by atoms with van der Waals surface area (Å²) in [4.78, 5) is 17.4. The molecule has 186 valence electrons. The summed E-state index contributed by atoms with van der Waals surface area (Å²) in [5.74, 6) is 2.15. The summed E-state index contributed by atoms with van der Waals surface area (Å²) >= 11 is 0. The first kappa shape index (κ1) is 23.8. The molecule has 36 heavy (non-hydrogen) atoms. The van der Waals surface area contributed by atoms with Gasteiger partial charge in [0.1, 0.15) is 16.9 Å². The number of hydrogen-bond donors (Lipinski definition) is 4. The molecule has 0 saturated carbocycles. The van der Waals surface area contributed by atoms with Gasteiger partial charge in [-0.25, -0.2) is 4.98 Å². The second-order valence-corrected chi connectivity index (χ2v) is 9.60. The van der Waals surface area contributed by atoms with Gasteiger partial charge in [0.2, 0.25) is 0 Å². The zero-order chi connectivity index (χ0) is 25.1. The third-order valence-corrected chi connectivity index (χ3v) is 6.53. The Morgan fingerprint density at radius 2 is 2.06 bits per heavy atom. The van der Waals surface area contributed by atoms with Gasteiger partial charge in [0.15, 0.2) is 11.5 Å². The summed E-state index contributed by atoms with van der Waals surface area (Å²) in [5, 5.41) is 18.1. The minimum Gasteiger partial charge on any atom is -0.456 e. The van der Waals surface area contributed by atoms with Crippen molar-refractivity contribution < 1.29 is 9.53 Å². The van der Waals surface area contributed by atoms with E-state index in [4.69, 9.17) is 4.74 Å². The predicted octanol–water partition coefficient (Wildman–Crippen LogP) is 5.60. The number of aromatic amines is 1. The number of amides is 1. The first-order chi connectivity index (χ1) is 17.5. The average Bonchev–Trinajstić information content (AvgIpc) is 3.28. The molecule has 0 bridgehead atoms. The molecule has 5 rings (SSSR count). The van der Waals surface area contributed by atoms with Crippen LogP contribution in [0.15, 0.2) is 54.7 Å². The van der Waals surface area contributed by atoms with Gasteiger partial charge >= 0.3 is 0 Å². The quantitative estimate of drug-likeness (QED) is 0.272. The Kier molecular flexibility index (Phi) is 6.86. The Morgan fingerprint density at radius 3 is 2.83 bits per heavy atom. The van der Waals surface area contributed by atoms with Gasteiger partial charge in [0.05, 0.1) is 0 Å². The minimum absolute atomic E-state index is 0.188. The molecule has 1 atom stereocenters. The fourth-order valence-electron chi connectivity index (χ4n) is 4.71. The van der Waals surface area contributed by atoms with Gasteiger partial charge in [-0.1, -0.05) is 26.0 Å². The molecule has 1 saturated heterocycles.